The number of piperidine rings is 1. The summed E-state index contributed by atoms with van der Waals surface area (Å²) in [6.07, 6.45) is -4.42. The Morgan fingerprint density at radius 3 is 1.86 bits per heavy atom. The van der Waals surface area contributed by atoms with Crippen LogP contribution in [0.25, 0.3) is 0 Å². The second kappa shape index (κ2) is 8.20. The minimum atomic E-state index is -4.88. The van der Waals surface area contributed by atoms with Crippen molar-refractivity contribution in [3.8, 4) is 0 Å². The molecule has 0 N–H and O–H groups in total. The number of benzene rings is 1. The van der Waals surface area contributed by atoms with Gasteiger partial charge in [-0.2, -0.15) is 13.2 Å². The average Bonchev–Trinajstić information content (AvgIpc) is 2.72. The van der Waals surface area contributed by atoms with Gasteiger partial charge in [-0.25, -0.2) is 0 Å². The van der Waals surface area contributed by atoms with Crippen molar-refractivity contribution in [2.75, 3.05) is 39.3 Å². The van der Waals surface area contributed by atoms with Gasteiger partial charge in [0.15, 0.2) is 0 Å². The number of halogens is 3. The van der Waals surface area contributed by atoms with Crippen LogP contribution in [0.1, 0.15) is 23.2 Å². The van der Waals surface area contributed by atoms with E-state index in [2.05, 4.69) is 0 Å². The number of carbonyl (C=O) groups is 3. The lowest BCUT2D eigenvalue weighted by atomic mass is 9.95. The Hall–Kier alpha value is -2.58. The molecule has 1 aromatic carbocycles. The molecule has 3 amide bonds. The van der Waals surface area contributed by atoms with Crippen LogP contribution in [0.15, 0.2) is 30.3 Å². The molecule has 2 aliphatic rings. The molecule has 2 saturated heterocycles. The first-order valence-electron chi connectivity index (χ1n) is 9.26. The van der Waals surface area contributed by atoms with Crippen molar-refractivity contribution < 1.29 is 27.6 Å². The first-order valence-corrected chi connectivity index (χ1v) is 9.26. The van der Waals surface area contributed by atoms with Crippen LogP contribution < -0.4 is 0 Å². The van der Waals surface area contributed by atoms with E-state index in [1.165, 1.54) is 0 Å². The molecule has 9 heteroatoms. The van der Waals surface area contributed by atoms with Gasteiger partial charge >= 0.3 is 12.1 Å². The quantitative estimate of drug-likeness (QED) is 0.764. The van der Waals surface area contributed by atoms with Crippen molar-refractivity contribution in [2.24, 2.45) is 5.92 Å². The summed E-state index contributed by atoms with van der Waals surface area (Å²) in [5.74, 6) is -2.40. The topological polar surface area (TPSA) is 60.9 Å². The molecule has 2 aliphatic heterocycles. The molecule has 0 aliphatic carbocycles. The summed E-state index contributed by atoms with van der Waals surface area (Å²) in [7, 11) is 0. The van der Waals surface area contributed by atoms with Gasteiger partial charge in [-0.3, -0.25) is 14.4 Å². The van der Waals surface area contributed by atoms with E-state index >= 15 is 0 Å². The molecule has 152 valence electrons. The largest absolute Gasteiger partial charge is 0.471 e. The molecule has 0 aromatic heterocycles. The third kappa shape index (κ3) is 4.45. The molecule has 0 spiro atoms. The van der Waals surface area contributed by atoms with E-state index in [9.17, 15) is 27.6 Å². The van der Waals surface area contributed by atoms with Gasteiger partial charge in [-0.1, -0.05) is 18.2 Å². The minimum Gasteiger partial charge on any atom is -0.339 e. The van der Waals surface area contributed by atoms with Gasteiger partial charge in [-0.05, 0) is 25.0 Å². The molecule has 6 nitrogen and oxygen atoms in total. The number of carbonyl (C=O) groups excluding carboxylic acids is 3. The average molecular weight is 397 g/mol. The summed E-state index contributed by atoms with van der Waals surface area (Å²) >= 11 is 0. The van der Waals surface area contributed by atoms with Gasteiger partial charge in [0.1, 0.15) is 0 Å². The molecule has 0 saturated carbocycles. The van der Waals surface area contributed by atoms with Crippen molar-refractivity contribution >= 4 is 17.7 Å². The highest BCUT2D eigenvalue weighted by atomic mass is 19.4. The minimum absolute atomic E-state index is 0.0682. The second-order valence-electron chi connectivity index (χ2n) is 7.05. The van der Waals surface area contributed by atoms with Gasteiger partial charge in [0, 0.05) is 50.7 Å². The maximum Gasteiger partial charge on any atom is 0.471 e. The monoisotopic (exact) mass is 397 g/mol. The Balaban J connectivity index is 1.48. The van der Waals surface area contributed by atoms with E-state index in [4.69, 9.17) is 0 Å². The normalized spacial score (nSPS) is 18.9. The summed E-state index contributed by atoms with van der Waals surface area (Å²) < 4.78 is 37.5. The molecule has 1 aromatic rings. The van der Waals surface area contributed by atoms with Crippen molar-refractivity contribution in [1.29, 1.82) is 0 Å². The SMILES string of the molecule is O=C(c1ccccc1)N1CCN(C(=O)C2CCN(C(=O)C(F)(F)F)CC2)CC1. The predicted molar refractivity (Wildman–Crippen MR) is 94.3 cm³/mol. The number of piperazine rings is 1. The number of alkyl halides is 3. The van der Waals surface area contributed by atoms with Crippen LogP contribution in [0, 0.1) is 5.92 Å². The summed E-state index contributed by atoms with van der Waals surface area (Å²) in [6.45, 7) is 1.51. The fourth-order valence-corrected chi connectivity index (χ4v) is 3.66. The number of hydrogen-bond acceptors (Lipinski definition) is 3. The number of rotatable bonds is 2. The summed E-state index contributed by atoms with van der Waals surface area (Å²) in [5.41, 5.74) is 0.601. The Morgan fingerprint density at radius 2 is 1.32 bits per heavy atom. The van der Waals surface area contributed by atoms with Crippen LogP contribution in [0.2, 0.25) is 0 Å². The zero-order chi connectivity index (χ0) is 20.3. The number of likely N-dealkylation sites (tertiary alicyclic amines) is 1. The second-order valence-corrected chi connectivity index (χ2v) is 7.05. The number of hydrogen-bond donors (Lipinski definition) is 0. The lowest BCUT2D eigenvalue weighted by Crippen LogP contribution is -2.53. The highest BCUT2D eigenvalue weighted by Crippen LogP contribution is 2.25. The standard InChI is InChI=1S/C19H22F3N3O3/c20-19(21,22)18(28)25-8-6-15(7-9-25)17(27)24-12-10-23(11-13-24)16(26)14-4-2-1-3-5-14/h1-5,15H,6-13H2. The zero-order valence-corrected chi connectivity index (χ0v) is 15.3. The van der Waals surface area contributed by atoms with Gasteiger partial charge in [-0.15, -0.1) is 0 Å². The molecular formula is C19H22F3N3O3. The lowest BCUT2D eigenvalue weighted by Gasteiger charge is -2.38. The lowest BCUT2D eigenvalue weighted by molar-refractivity contribution is -0.187. The summed E-state index contributed by atoms with van der Waals surface area (Å²) in [6, 6.07) is 8.92. The van der Waals surface area contributed by atoms with Crippen LogP contribution in [-0.2, 0) is 9.59 Å². The van der Waals surface area contributed by atoms with Crippen LogP contribution >= 0.6 is 0 Å². The molecule has 28 heavy (non-hydrogen) atoms. The Kier molecular flexibility index (Phi) is 5.90. The first-order chi connectivity index (χ1) is 13.3. The molecule has 2 fully saturated rings. The zero-order valence-electron chi connectivity index (χ0n) is 15.3. The maximum atomic E-state index is 12.7. The van der Waals surface area contributed by atoms with Gasteiger partial charge in [0.2, 0.25) is 5.91 Å². The number of amides is 3. The maximum absolute atomic E-state index is 12.7. The molecule has 0 radical (unpaired) electrons. The first kappa shape index (κ1) is 20.2. The van der Waals surface area contributed by atoms with E-state index in [0.717, 1.165) is 4.90 Å². The van der Waals surface area contributed by atoms with Crippen molar-refractivity contribution in [3.05, 3.63) is 35.9 Å². The van der Waals surface area contributed by atoms with Gasteiger partial charge in [0.05, 0.1) is 0 Å². The molecule has 3 rings (SSSR count). The van der Waals surface area contributed by atoms with Crippen molar-refractivity contribution in [1.82, 2.24) is 14.7 Å². The van der Waals surface area contributed by atoms with Crippen LogP contribution in [0.4, 0.5) is 13.2 Å². The molecule has 0 bridgehead atoms. The summed E-state index contributed by atoms with van der Waals surface area (Å²) in [4.78, 5) is 40.5. The Morgan fingerprint density at radius 1 is 0.786 bits per heavy atom. The number of nitrogens with zero attached hydrogens (tertiary/aromatic N) is 3. The molecule has 0 unspecified atom stereocenters. The molecule has 2 heterocycles. The van der Waals surface area contributed by atoms with E-state index in [-0.39, 0.29) is 43.7 Å². The van der Waals surface area contributed by atoms with Crippen LogP contribution in [0.5, 0.6) is 0 Å². The third-order valence-electron chi connectivity index (χ3n) is 5.27. The molecule has 0 atom stereocenters. The van der Waals surface area contributed by atoms with E-state index in [0.29, 0.717) is 31.7 Å². The highest BCUT2D eigenvalue weighted by Gasteiger charge is 2.44. The van der Waals surface area contributed by atoms with Crippen LogP contribution in [0.3, 0.4) is 0 Å². The Labute approximate surface area is 160 Å². The Bertz CT molecular complexity index is 723. The third-order valence-corrected chi connectivity index (χ3v) is 5.27. The predicted octanol–water partition coefficient (Wildman–Crippen LogP) is 1.77. The molecular weight excluding hydrogens is 375 g/mol. The van der Waals surface area contributed by atoms with Gasteiger partial charge < -0.3 is 14.7 Å². The van der Waals surface area contributed by atoms with E-state index in [1.807, 2.05) is 6.07 Å². The van der Waals surface area contributed by atoms with Crippen LogP contribution in [-0.4, -0.2) is 77.9 Å². The van der Waals surface area contributed by atoms with E-state index < -0.39 is 12.1 Å². The summed E-state index contributed by atoms with van der Waals surface area (Å²) in [5, 5.41) is 0. The highest BCUT2D eigenvalue weighted by molar-refractivity contribution is 5.94. The fraction of sp³-hybridized carbons (Fsp3) is 0.526. The van der Waals surface area contributed by atoms with Crippen molar-refractivity contribution in [2.45, 2.75) is 19.0 Å². The van der Waals surface area contributed by atoms with E-state index in [1.54, 1.807) is 34.1 Å². The van der Waals surface area contributed by atoms with Gasteiger partial charge in [0.25, 0.3) is 5.91 Å². The smallest absolute Gasteiger partial charge is 0.339 e. The fourth-order valence-electron chi connectivity index (χ4n) is 3.66. The van der Waals surface area contributed by atoms with Crippen molar-refractivity contribution in [3.63, 3.8) is 0 Å².